The SMILES string of the molecule is CCCCCCCCCCCCN(C(=O)C(c1ccccc1)n1cccn1)c1c(OC)cc(OC)cc1OC. The average molecular weight is 536 g/mol. The van der Waals surface area contributed by atoms with Gasteiger partial charge in [0, 0.05) is 31.1 Å². The van der Waals surface area contributed by atoms with Gasteiger partial charge in [0.25, 0.3) is 5.91 Å². The van der Waals surface area contributed by atoms with Crippen LogP contribution in [0.2, 0.25) is 0 Å². The number of amides is 1. The maximum Gasteiger partial charge on any atom is 0.256 e. The smallest absolute Gasteiger partial charge is 0.256 e. The number of hydrogen-bond acceptors (Lipinski definition) is 5. The second-order valence-corrected chi connectivity index (χ2v) is 9.85. The van der Waals surface area contributed by atoms with Crippen LogP contribution in [-0.4, -0.2) is 43.6 Å². The van der Waals surface area contributed by atoms with E-state index in [1.165, 1.54) is 44.9 Å². The number of methoxy groups -OCH3 is 3. The Labute approximate surface area is 234 Å². The highest BCUT2D eigenvalue weighted by molar-refractivity contribution is 6.00. The standard InChI is InChI=1S/C32H45N3O4/c1-5-6-7-8-9-10-11-12-13-17-22-34(31-28(38-3)24-27(37-2)25-29(31)39-4)32(36)30(35-23-18-21-33-35)26-19-15-14-16-20-26/h14-16,18-21,23-25,30H,5-13,17,22H2,1-4H3. The van der Waals surface area contributed by atoms with Gasteiger partial charge in [-0.3, -0.25) is 9.48 Å². The van der Waals surface area contributed by atoms with Gasteiger partial charge in [0.2, 0.25) is 0 Å². The molecule has 0 saturated heterocycles. The molecule has 0 spiro atoms. The Morgan fingerprint density at radius 3 is 1.92 bits per heavy atom. The highest BCUT2D eigenvalue weighted by atomic mass is 16.5. The van der Waals surface area contributed by atoms with Crippen LogP contribution >= 0.6 is 0 Å². The first-order valence-corrected chi connectivity index (χ1v) is 14.3. The summed E-state index contributed by atoms with van der Waals surface area (Å²) in [5, 5.41) is 4.45. The molecular weight excluding hydrogens is 490 g/mol. The number of rotatable bonds is 18. The molecular formula is C32H45N3O4. The summed E-state index contributed by atoms with van der Waals surface area (Å²) in [6.45, 7) is 2.79. The van der Waals surface area contributed by atoms with Crippen molar-refractivity contribution in [2.45, 2.75) is 77.2 Å². The van der Waals surface area contributed by atoms with Crippen molar-refractivity contribution < 1.29 is 19.0 Å². The van der Waals surface area contributed by atoms with Crippen LogP contribution in [0.15, 0.2) is 60.9 Å². The van der Waals surface area contributed by atoms with Gasteiger partial charge in [-0.25, -0.2) is 0 Å². The molecule has 212 valence electrons. The number of anilines is 1. The molecule has 3 aromatic rings. The lowest BCUT2D eigenvalue weighted by Gasteiger charge is -2.30. The summed E-state index contributed by atoms with van der Waals surface area (Å²) < 4.78 is 18.7. The number of carbonyl (C=O) groups is 1. The van der Waals surface area contributed by atoms with Gasteiger partial charge in [-0.1, -0.05) is 95.0 Å². The second-order valence-electron chi connectivity index (χ2n) is 9.85. The van der Waals surface area contributed by atoms with Crippen LogP contribution < -0.4 is 19.1 Å². The van der Waals surface area contributed by atoms with E-state index in [1.807, 2.05) is 42.6 Å². The van der Waals surface area contributed by atoms with E-state index in [0.717, 1.165) is 24.8 Å². The van der Waals surface area contributed by atoms with E-state index in [9.17, 15) is 4.79 Å². The minimum Gasteiger partial charge on any atom is -0.496 e. The summed E-state index contributed by atoms with van der Waals surface area (Å²) in [7, 11) is 4.80. The Kier molecular flexibility index (Phi) is 12.7. The number of ether oxygens (including phenoxy) is 3. The lowest BCUT2D eigenvalue weighted by Crippen LogP contribution is -2.39. The minimum absolute atomic E-state index is 0.0948. The van der Waals surface area contributed by atoms with E-state index < -0.39 is 6.04 Å². The van der Waals surface area contributed by atoms with Crippen LogP contribution in [0.25, 0.3) is 0 Å². The average Bonchev–Trinajstić information content (AvgIpc) is 3.50. The van der Waals surface area contributed by atoms with Gasteiger partial charge in [-0.05, 0) is 18.1 Å². The fourth-order valence-electron chi connectivity index (χ4n) is 4.97. The fourth-order valence-corrected chi connectivity index (χ4v) is 4.97. The van der Waals surface area contributed by atoms with E-state index >= 15 is 0 Å². The molecule has 7 nitrogen and oxygen atoms in total. The second kappa shape index (κ2) is 16.5. The van der Waals surface area contributed by atoms with Crippen LogP contribution in [0, 0.1) is 0 Å². The summed E-state index contributed by atoms with van der Waals surface area (Å²) >= 11 is 0. The van der Waals surface area contributed by atoms with Gasteiger partial charge < -0.3 is 19.1 Å². The molecule has 1 heterocycles. The molecule has 1 amide bonds. The Hall–Kier alpha value is -3.48. The highest BCUT2D eigenvalue weighted by Gasteiger charge is 2.32. The number of aromatic nitrogens is 2. The van der Waals surface area contributed by atoms with Crippen molar-refractivity contribution in [2.24, 2.45) is 0 Å². The zero-order valence-electron chi connectivity index (χ0n) is 24.1. The third-order valence-corrected chi connectivity index (χ3v) is 7.10. The summed E-state index contributed by atoms with van der Waals surface area (Å²) in [5.41, 5.74) is 1.47. The van der Waals surface area contributed by atoms with Crippen LogP contribution in [-0.2, 0) is 4.79 Å². The van der Waals surface area contributed by atoms with Gasteiger partial charge in [0.05, 0.1) is 21.3 Å². The van der Waals surface area contributed by atoms with Crippen LogP contribution in [0.4, 0.5) is 5.69 Å². The molecule has 0 radical (unpaired) electrons. The number of unbranched alkanes of at least 4 members (excludes halogenated alkanes) is 9. The predicted octanol–water partition coefficient (Wildman–Crippen LogP) is 7.45. The number of nitrogens with zero attached hydrogens (tertiary/aromatic N) is 3. The molecule has 1 aromatic heterocycles. The summed E-state index contributed by atoms with van der Waals surface area (Å²) in [6, 6.07) is 14.6. The Morgan fingerprint density at radius 1 is 0.821 bits per heavy atom. The van der Waals surface area contributed by atoms with E-state index in [-0.39, 0.29) is 5.91 Å². The summed E-state index contributed by atoms with van der Waals surface area (Å²) in [6.07, 6.45) is 15.7. The minimum atomic E-state index is -0.624. The molecule has 0 N–H and O–H groups in total. The molecule has 0 aliphatic carbocycles. The van der Waals surface area contributed by atoms with E-state index in [1.54, 1.807) is 49.2 Å². The Morgan fingerprint density at radius 2 is 1.41 bits per heavy atom. The van der Waals surface area contributed by atoms with Gasteiger partial charge in [-0.15, -0.1) is 0 Å². The van der Waals surface area contributed by atoms with Crippen LogP contribution in [0.3, 0.4) is 0 Å². The normalized spacial score (nSPS) is 11.7. The molecule has 0 fully saturated rings. The van der Waals surface area contributed by atoms with Crippen LogP contribution in [0.1, 0.15) is 82.7 Å². The lowest BCUT2D eigenvalue weighted by atomic mass is 10.0. The van der Waals surface area contributed by atoms with E-state index in [2.05, 4.69) is 12.0 Å². The fraction of sp³-hybridized carbons (Fsp3) is 0.500. The summed E-state index contributed by atoms with van der Waals surface area (Å²) in [4.78, 5) is 16.3. The molecule has 7 heteroatoms. The van der Waals surface area contributed by atoms with Crippen molar-refractivity contribution in [2.75, 3.05) is 32.8 Å². The van der Waals surface area contributed by atoms with Gasteiger partial charge in [0.1, 0.15) is 22.9 Å². The van der Waals surface area contributed by atoms with Crippen molar-refractivity contribution in [3.63, 3.8) is 0 Å². The van der Waals surface area contributed by atoms with Gasteiger partial charge in [0.15, 0.2) is 6.04 Å². The molecule has 1 unspecified atom stereocenters. The van der Waals surface area contributed by atoms with Gasteiger partial charge in [-0.2, -0.15) is 5.10 Å². The molecule has 0 aliphatic rings. The monoisotopic (exact) mass is 535 g/mol. The molecule has 3 rings (SSSR count). The largest absolute Gasteiger partial charge is 0.496 e. The lowest BCUT2D eigenvalue weighted by molar-refractivity contribution is -0.121. The van der Waals surface area contributed by atoms with E-state index in [0.29, 0.717) is 29.5 Å². The molecule has 1 atom stereocenters. The zero-order chi connectivity index (χ0) is 27.9. The number of benzene rings is 2. The van der Waals surface area contributed by atoms with E-state index in [4.69, 9.17) is 14.2 Å². The molecule has 39 heavy (non-hydrogen) atoms. The first-order valence-electron chi connectivity index (χ1n) is 14.3. The van der Waals surface area contributed by atoms with Crippen molar-refractivity contribution in [1.82, 2.24) is 9.78 Å². The molecule has 0 aliphatic heterocycles. The number of hydrogen-bond donors (Lipinski definition) is 0. The maximum absolute atomic E-state index is 14.4. The van der Waals surface area contributed by atoms with Crippen LogP contribution in [0.5, 0.6) is 17.2 Å². The van der Waals surface area contributed by atoms with Crippen molar-refractivity contribution in [3.05, 3.63) is 66.5 Å². The van der Waals surface area contributed by atoms with Crippen molar-refractivity contribution in [3.8, 4) is 17.2 Å². The first-order chi connectivity index (χ1) is 19.1. The zero-order valence-corrected chi connectivity index (χ0v) is 24.1. The third-order valence-electron chi connectivity index (χ3n) is 7.10. The maximum atomic E-state index is 14.4. The van der Waals surface area contributed by atoms with Crippen molar-refractivity contribution >= 4 is 11.6 Å². The molecule has 0 saturated carbocycles. The Bertz CT molecular complexity index is 1080. The molecule has 0 bridgehead atoms. The Balaban J connectivity index is 1.84. The number of carbonyl (C=O) groups excluding carboxylic acids is 1. The van der Waals surface area contributed by atoms with Gasteiger partial charge >= 0.3 is 0 Å². The van der Waals surface area contributed by atoms with Crippen molar-refractivity contribution in [1.29, 1.82) is 0 Å². The third kappa shape index (κ3) is 8.50. The predicted molar refractivity (Wildman–Crippen MR) is 157 cm³/mol. The molecule has 2 aromatic carbocycles. The quantitative estimate of drug-likeness (QED) is 0.158. The highest BCUT2D eigenvalue weighted by Crippen LogP contribution is 2.43. The first kappa shape index (κ1) is 30.1. The topological polar surface area (TPSA) is 65.8 Å². The summed E-state index contributed by atoms with van der Waals surface area (Å²) in [5.74, 6) is 1.56.